The Kier molecular flexibility index (Phi) is 4.53. The molecule has 1 amide bonds. The summed E-state index contributed by atoms with van der Waals surface area (Å²) in [5.74, 6) is -0.145. The molecule has 0 spiro atoms. The number of hydrogen-bond acceptors (Lipinski definition) is 4. The van der Waals surface area contributed by atoms with E-state index >= 15 is 0 Å². The quantitative estimate of drug-likeness (QED) is 0.888. The molecule has 116 valence electrons. The Bertz CT molecular complexity index is 611. The number of sulfonamides is 1. The second-order valence-electron chi connectivity index (χ2n) is 5.55. The fourth-order valence-corrected chi connectivity index (χ4v) is 3.36. The highest BCUT2D eigenvalue weighted by Crippen LogP contribution is 2.19. The van der Waals surface area contributed by atoms with Crippen LogP contribution in [0.15, 0.2) is 24.3 Å². The number of rotatable bonds is 3. The Morgan fingerprint density at radius 3 is 2.43 bits per heavy atom. The van der Waals surface area contributed by atoms with Gasteiger partial charge in [-0.2, -0.15) is 0 Å². The average molecular weight is 311 g/mol. The number of amides is 1. The van der Waals surface area contributed by atoms with Crippen molar-refractivity contribution in [3.8, 4) is 0 Å². The van der Waals surface area contributed by atoms with Crippen LogP contribution in [-0.4, -0.2) is 51.7 Å². The first-order valence-corrected chi connectivity index (χ1v) is 8.48. The van der Waals surface area contributed by atoms with Gasteiger partial charge in [-0.1, -0.05) is 0 Å². The van der Waals surface area contributed by atoms with E-state index in [9.17, 15) is 13.2 Å². The minimum atomic E-state index is -3.59. The third-order valence-corrected chi connectivity index (χ3v) is 5.07. The summed E-state index contributed by atoms with van der Waals surface area (Å²) in [6.45, 7) is 0.743. The Labute approximate surface area is 125 Å². The summed E-state index contributed by atoms with van der Waals surface area (Å²) in [5.41, 5.74) is 1.57. The molecule has 0 aromatic heterocycles. The van der Waals surface area contributed by atoms with E-state index in [0.717, 1.165) is 5.69 Å². The first-order valence-electron chi connectivity index (χ1n) is 6.87. The topological polar surface area (TPSA) is 83.7 Å². The molecule has 1 fully saturated rings. The van der Waals surface area contributed by atoms with E-state index in [1.165, 1.54) is 0 Å². The molecule has 0 bridgehead atoms. The molecule has 7 heteroatoms. The summed E-state index contributed by atoms with van der Waals surface area (Å²) in [5, 5.41) is 4.54. The Balaban J connectivity index is 2.12. The molecule has 0 saturated carbocycles. The first kappa shape index (κ1) is 15.8. The molecule has 0 radical (unpaired) electrons. The number of carbonyl (C=O) groups is 1. The number of hydrogen-bond donors (Lipinski definition) is 1. The van der Waals surface area contributed by atoms with E-state index in [4.69, 9.17) is 5.14 Å². The number of anilines is 1. The maximum absolute atomic E-state index is 12.4. The van der Waals surface area contributed by atoms with Gasteiger partial charge in [0.05, 0.1) is 5.25 Å². The van der Waals surface area contributed by atoms with Crippen LogP contribution in [-0.2, 0) is 10.0 Å². The number of nitrogens with zero attached hydrogens (tertiary/aromatic N) is 2. The van der Waals surface area contributed by atoms with Crippen LogP contribution < -0.4 is 10.0 Å². The van der Waals surface area contributed by atoms with Crippen molar-refractivity contribution in [2.24, 2.45) is 5.14 Å². The van der Waals surface area contributed by atoms with E-state index < -0.39 is 15.3 Å². The molecule has 1 heterocycles. The summed E-state index contributed by atoms with van der Waals surface area (Å²) >= 11 is 0. The molecule has 6 nitrogen and oxygen atoms in total. The predicted molar refractivity (Wildman–Crippen MR) is 82.8 cm³/mol. The van der Waals surface area contributed by atoms with Crippen LogP contribution in [0.5, 0.6) is 0 Å². The van der Waals surface area contributed by atoms with Crippen LogP contribution in [0.3, 0.4) is 0 Å². The number of nitrogens with two attached hydrogens (primary N) is 1. The second kappa shape index (κ2) is 6.03. The number of benzene rings is 1. The third kappa shape index (κ3) is 3.74. The van der Waals surface area contributed by atoms with Crippen molar-refractivity contribution in [3.05, 3.63) is 29.8 Å². The fourth-order valence-electron chi connectivity index (χ4n) is 2.48. The lowest BCUT2D eigenvalue weighted by atomic mass is 10.1. The van der Waals surface area contributed by atoms with Crippen LogP contribution in [0.25, 0.3) is 0 Å². The van der Waals surface area contributed by atoms with Gasteiger partial charge in [-0.25, -0.2) is 13.6 Å². The van der Waals surface area contributed by atoms with Crippen molar-refractivity contribution < 1.29 is 13.2 Å². The highest BCUT2D eigenvalue weighted by atomic mass is 32.2. The standard InChI is InChI=1S/C14H21N3O3S/c1-16(2)12-7-5-11(6-8-12)14(18)17-9-3-4-13(10-17)21(15,19)20/h5-8,13H,3-4,9-10H2,1-2H3,(H2,15,19,20). The van der Waals surface area contributed by atoms with Gasteiger partial charge in [0.15, 0.2) is 0 Å². The van der Waals surface area contributed by atoms with Crippen molar-refractivity contribution in [2.45, 2.75) is 18.1 Å². The lowest BCUT2D eigenvalue weighted by Gasteiger charge is -2.31. The Morgan fingerprint density at radius 1 is 1.29 bits per heavy atom. The lowest BCUT2D eigenvalue weighted by molar-refractivity contribution is 0.0727. The van der Waals surface area contributed by atoms with E-state index in [-0.39, 0.29) is 12.5 Å². The SMILES string of the molecule is CN(C)c1ccc(C(=O)N2CCCC(S(N)(=O)=O)C2)cc1. The molecule has 1 atom stereocenters. The molecular formula is C14H21N3O3S. The third-order valence-electron chi connectivity index (χ3n) is 3.76. The summed E-state index contributed by atoms with van der Waals surface area (Å²) in [4.78, 5) is 16.0. The minimum absolute atomic E-state index is 0.145. The van der Waals surface area contributed by atoms with Crippen molar-refractivity contribution in [1.29, 1.82) is 0 Å². The van der Waals surface area contributed by atoms with Gasteiger partial charge in [0.25, 0.3) is 5.91 Å². The van der Waals surface area contributed by atoms with Crippen LogP contribution in [0.4, 0.5) is 5.69 Å². The van der Waals surface area contributed by atoms with Gasteiger partial charge in [0.1, 0.15) is 0 Å². The highest BCUT2D eigenvalue weighted by molar-refractivity contribution is 7.89. The fraction of sp³-hybridized carbons (Fsp3) is 0.500. The van der Waals surface area contributed by atoms with Gasteiger partial charge in [-0.3, -0.25) is 4.79 Å². The largest absolute Gasteiger partial charge is 0.378 e. The maximum atomic E-state index is 12.4. The molecule has 1 saturated heterocycles. The maximum Gasteiger partial charge on any atom is 0.253 e. The number of likely N-dealkylation sites (tertiary alicyclic amines) is 1. The smallest absolute Gasteiger partial charge is 0.253 e. The van der Waals surface area contributed by atoms with Crippen LogP contribution >= 0.6 is 0 Å². The monoisotopic (exact) mass is 311 g/mol. The van der Waals surface area contributed by atoms with Crippen LogP contribution in [0.2, 0.25) is 0 Å². The zero-order valence-corrected chi connectivity index (χ0v) is 13.1. The molecule has 1 aromatic rings. The highest BCUT2D eigenvalue weighted by Gasteiger charge is 2.30. The van der Waals surface area contributed by atoms with Crippen LogP contribution in [0, 0.1) is 0 Å². The summed E-state index contributed by atoms with van der Waals surface area (Å²) in [7, 11) is 0.264. The average Bonchev–Trinajstić information content (AvgIpc) is 2.46. The molecular weight excluding hydrogens is 290 g/mol. The van der Waals surface area contributed by atoms with Crippen molar-refractivity contribution in [3.63, 3.8) is 0 Å². The summed E-state index contributed by atoms with van der Waals surface area (Å²) in [6.07, 6.45) is 1.17. The number of primary sulfonamides is 1. The van der Waals surface area contributed by atoms with Gasteiger partial charge >= 0.3 is 0 Å². The molecule has 2 rings (SSSR count). The predicted octanol–water partition coefficient (Wildman–Crippen LogP) is 0.646. The molecule has 0 aliphatic carbocycles. The Hall–Kier alpha value is -1.60. The van der Waals surface area contributed by atoms with Crippen molar-refractivity contribution >= 4 is 21.6 Å². The van der Waals surface area contributed by atoms with E-state index in [1.54, 1.807) is 17.0 Å². The number of piperidine rings is 1. The van der Waals surface area contributed by atoms with Gasteiger partial charge in [-0.05, 0) is 37.1 Å². The normalized spacial score (nSPS) is 19.4. The molecule has 1 aliphatic rings. The summed E-state index contributed by atoms with van der Waals surface area (Å²) < 4.78 is 22.9. The van der Waals surface area contributed by atoms with E-state index in [0.29, 0.717) is 24.9 Å². The zero-order valence-electron chi connectivity index (χ0n) is 12.3. The Morgan fingerprint density at radius 2 is 1.90 bits per heavy atom. The molecule has 1 aliphatic heterocycles. The lowest BCUT2D eigenvalue weighted by Crippen LogP contribution is -2.47. The second-order valence-corrected chi connectivity index (χ2v) is 7.39. The van der Waals surface area contributed by atoms with Gasteiger partial charge in [-0.15, -0.1) is 0 Å². The van der Waals surface area contributed by atoms with Gasteiger partial charge < -0.3 is 9.80 Å². The van der Waals surface area contributed by atoms with Gasteiger partial charge in [0.2, 0.25) is 10.0 Å². The first-order chi connectivity index (χ1) is 9.79. The van der Waals surface area contributed by atoms with Crippen molar-refractivity contribution in [1.82, 2.24) is 4.90 Å². The molecule has 21 heavy (non-hydrogen) atoms. The van der Waals surface area contributed by atoms with Crippen molar-refractivity contribution in [2.75, 3.05) is 32.1 Å². The van der Waals surface area contributed by atoms with Gasteiger partial charge in [0, 0.05) is 38.4 Å². The minimum Gasteiger partial charge on any atom is -0.378 e. The molecule has 2 N–H and O–H groups in total. The number of carbonyl (C=O) groups excluding carboxylic acids is 1. The molecule has 1 unspecified atom stereocenters. The van der Waals surface area contributed by atoms with E-state index in [1.807, 2.05) is 31.1 Å². The van der Waals surface area contributed by atoms with Crippen LogP contribution in [0.1, 0.15) is 23.2 Å². The molecule has 1 aromatic carbocycles. The van der Waals surface area contributed by atoms with E-state index in [2.05, 4.69) is 0 Å². The zero-order chi connectivity index (χ0) is 15.6. The summed E-state index contributed by atoms with van der Waals surface area (Å²) in [6, 6.07) is 7.26.